The predicted octanol–water partition coefficient (Wildman–Crippen LogP) is 3.68. The second-order valence-electron chi connectivity index (χ2n) is 2.65. The first-order chi connectivity index (χ1) is 5.57. The first-order valence-corrected chi connectivity index (χ1v) is 5.44. The van der Waals surface area contributed by atoms with Crippen molar-refractivity contribution in [2.24, 2.45) is 0 Å². The summed E-state index contributed by atoms with van der Waals surface area (Å²) in [5.74, 6) is 0.953. The minimum absolute atomic E-state index is 0.953. The molecule has 0 spiro atoms. The topological polar surface area (TPSA) is 9.23 Å². The highest BCUT2D eigenvalue weighted by molar-refractivity contribution is 14.1. The Labute approximate surface area is 94.8 Å². The van der Waals surface area contributed by atoms with E-state index in [1.807, 2.05) is 6.07 Å². The van der Waals surface area contributed by atoms with Gasteiger partial charge in [0.2, 0.25) is 0 Å². The molecule has 0 atom stereocenters. The van der Waals surface area contributed by atoms with Crippen molar-refractivity contribution < 1.29 is 4.74 Å². The van der Waals surface area contributed by atoms with Gasteiger partial charge in [-0.1, -0.05) is 15.9 Å². The van der Waals surface area contributed by atoms with E-state index in [1.165, 1.54) is 19.2 Å². The van der Waals surface area contributed by atoms with Crippen LogP contribution in [0.3, 0.4) is 0 Å². The quantitative estimate of drug-likeness (QED) is 0.709. The molecule has 1 aromatic rings. The minimum Gasteiger partial charge on any atom is -0.496 e. The predicted molar refractivity (Wildman–Crippen MR) is 62.9 cm³/mol. The number of halogens is 2. The maximum Gasteiger partial charge on any atom is 0.132 e. The third-order valence-corrected chi connectivity index (χ3v) is 4.35. The standard InChI is InChI=1S/C9H10BrIO/c1-5-4-7(12-3)9(11)6(2)8(5)10/h4H,1-3H3. The smallest absolute Gasteiger partial charge is 0.132 e. The van der Waals surface area contributed by atoms with Crippen molar-refractivity contribution in [3.63, 3.8) is 0 Å². The molecule has 0 radical (unpaired) electrons. The first kappa shape index (κ1) is 10.3. The van der Waals surface area contributed by atoms with Gasteiger partial charge >= 0.3 is 0 Å². The van der Waals surface area contributed by atoms with Crippen molar-refractivity contribution in [1.29, 1.82) is 0 Å². The van der Waals surface area contributed by atoms with Crippen LogP contribution < -0.4 is 4.74 Å². The van der Waals surface area contributed by atoms with Gasteiger partial charge in [-0.05, 0) is 53.6 Å². The van der Waals surface area contributed by atoms with Crippen LogP contribution in [0.2, 0.25) is 0 Å². The molecule has 0 aliphatic rings. The van der Waals surface area contributed by atoms with Crippen LogP contribution in [0.15, 0.2) is 10.5 Å². The number of methoxy groups -OCH3 is 1. The molecule has 0 aromatic heterocycles. The lowest BCUT2D eigenvalue weighted by atomic mass is 10.1. The number of rotatable bonds is 1. The number of benzene rings is 1. The van der Waals surface area contributed by atoms with E-state index in [2.05, 4.69) is 52.4 Å². The fourth-order valence-electron chi connectivity index (χ4n) is 1.05. The van der Waals surface area contributed by atoms with Crippen molar-refractivity contribution in [2.45, 2.75) is 13.8 Å². The van der Waals surface area contributed by atoms with Crippen molar-refractivity contribution in [3.8, 4) is 5.75 Å². The first-order valence-electron chi connectivity index (χ1n) is 3.57. The van der Waals surface area contributed by atoms with Gasteiger partial charge in [0.25, 0.3) is 0 Å². The molecule has 12 heavy (non-hydrogen) atoms. The van der Waals surface area contributed by atoms with Crippen LogP contribution in [-0.4, -0.2) is 7.11 Å². The van der Waals surface area contributed by atoms with E-state index in [1.54, 1.807) is 7.11 Å². The van der Waals surface area contributed by atoms with Gasteiger partial charge in [-0.25, -0.2) is 0 Å². The van der Waals surface area contributed by atoms with Gasteiger partial charge in [0.1, 0.15) is 5.75 Å². The van der Waals surface area contributed by atoms with Crippen LogP contribution in [0.1, 0.15) is 11.1 Å². The summed E-state index contributed by atoms with van der Waals surface area (Å²) in [6.45, 7) is 4.15. The Morgan fingerprint density at radius 3 is 2.50 bits per heavy atom. The van der Waals surface area contributed by atoms with Crippen LogP contribution in [0, 0.1) is 17.4 Å². The third kappa shape index (κ3) is 1.76. The van der Waals surface area contributed by atoms with Crippen LogP contribution in [0.5, 0.6) is 5.75 Å². The molecule has 0 heterocycles. The van der Waals surface area contributed by atoms with Gasteiger partial charge in [0, 0.05) is 4.47 Å². The van der Waals surface area contributed by atoms with E-state index in [-0.39, 0.29) is 0 Å². The highest BCUT2D eigenvalue weighted by Gasteiger charge is 2.08. The van der Waals surface area contributed by atoms with Gasteiger partial charge in [-0.3, -0.25) is 0 Å². The molecule has 0 aliphatic carbocycles. The summed E-state index contributed by atoms with van der Waals surface area (Å²) >= 11 is 5.83. The van der Waals surface area contributed by atoms with Gasteiger partial charge < -0.3 is 4.74 Å². The zero-order valence-electron chi connectivity index (χ0n) is 7.24. The highest BCUT2D eigenvalue weighted by Crippen LogP contribution is 2.32. The summed E-state index contributed by atoms with van der Waals surface area (Å²) in [6.07, 6.45) is 0. The molecule has 0 N–H and O–H groups in total. The SMILES string of the molecule is COc1cc(C)c(Br)c(C)c1I. The summed E-state index contributed by atoms with van der Waals surface area (Å²) in [4.78, 5) is 0. The van der Waals surface area contributed by atoms with Gasteiger partial charge in [-0.2, -0.15) is 0 Å². The van der Waals surface area contributed by atoms with Crippen molar-refractivity contribution in [1.82, 2.24) is 0 Å². The zero-order valence-corrected chi connectivity index (χ0v) is 11.0. The third-order valence-electron chi connectivity index (χ3n) is 1.79. The van der Waals surface area contributed by atoms with E-state index in [0.29, 0.717) is 0 Å². The lowest BCUT2D eigenvalue weighted by Crippen LogP contribution is -1.93. The second kappa shape index (κ2) is 3.96. The molecule has 0 unspecified atom stereocenters. The summed E-state index contributed by atoms with van der Waals surface area (Å²) in [7, 11) is 1.70. The molecule has 1 rings (SSSR count). The molecular formula is C9H10BrIO. The number of hydrogen-bond acceptors (Lipinski definition) is 1. The number of hydrogen-bond donors (Lipinski definition) is 0. The Bertz CT molecular complexity index is 310. The van der Waals surface area contributed by atoms with E-state index in [4.69, 9.17) is 4.74 Å². The van der Waals surface area contributed by atoms with Gasteiger partial charge in [0.05, 0.1) is 10.7 Å². The molecular weight excluding hydrogens is 331 g/mol. The Hall–Kier alpha value is 0.230. The van der Waals surface area contributed by atoms with Crippen molar-refractivity contribution in [2.75, 3.05) is 7.11 Å². The molecule has 0 saturated heterocycles. The molecule has 0 bridgehead atoms. The Kier molecular flexibility index (Phi) is 3.40. The highest BCUT2D eigenvalue weighted by atomic mass is 127. The number of ether oxygens (including phenoxy) is 1. The van der Waals surface area contributed by atoms with E-state index in [9.17, 15) is 0 Å². The van der Waals surface area contributed by atoms with E-state index < -0.39 is 0 Å². The Morgan fingerprint density at radius 2 is 2.00 bits per heavy atom. The van der Waals surface area contributed by atoms with Crippen LogP contribution in [0.4, 0.5) is 0 Å². The molecule has 0 fully saturated rings. The monoisotopic (exact) mass is 340 g/mol. The fraction of sp³-hybridized carbons (Fsp3) is 0.333. The molecule has 3 heteroatoms. The fourth-order valence-corrected chi connectivity index (χ4v) is 2.38. The summed E-state index contributed by atoms with van der Waals surface area (Å²) in [6, 6.07) is 2.04. The molecule has 1 aromatic carbocycles. The lowest BCUT2D eigenvalue weighted by Gasteiger charge is -2.10. The normalized spacial score (nSPS) is 10.1. The minimum atomic E-state index is 0.953. The van der Waals surface area contributed by atoms with E-state index in [0.717, 1.165) is 5.75 Å². The summed E-state index contributed by atoms with van der Waals surface area (Å²) in [5.41, 5.74) is 2.46. The molecule has 1 nitrogen and oxygen atoms in total. The van der Waals surface area contributed by atoms with Crippen molar-refractivity contribution in [3.05, 3.63) is 25.2 Å². The average Bonchev–Trinajstić information content (AvgIpc) is 2.08. The molecule has 0 saturated carbocycles. The second-order valence-corrected chi connectivity index (χ2v) is 4.52. The maximum absolute atomic E-state index is 5.23. The van der Waals surface area contributed by atoms with Crippen LogP contribution in [-0.2, 0) is 0 Å². The van der Waals surface area contributed by atoms with Crippen LogP contribution >= 0.6 is 38.5 Å². The summed E-state index contributed by atoms with van der Waals surface area (Å²) in [5, 5.41) is 0. The number of aryl methyl sites for hydroxylation is 1. The lowest BCUT2D eigenvalue weighted by molar-refractivity contribution is 0.411. The zero-order chi connectivity index (χ0) is 9.30. The van der Waals surface area contributed by atoms with E-state index >= 15 is 0 Å². The maximum atomic E-state index is 5.23. The van der Waals surface area contributed by atoms with Crippen LogP contribution in [0.25, 0.3) is 0 Å². The van der Waals surface area contributed by atoms with Gasteiger partial charge in [-0.15, -0.1) is 0 Å². The largest absolute Gasteiger partial charge is 0.496 e. The molecule has 0 aliphatic heterocycles. The average molecular weight is 341 g/mol. The molecule has 0 amide bonds. The van der Waals surface area contributed by atoms with Crippen molar-refractivity contribution >= 4 is 38.5 Å². The Morgan fingerprint density at radius 1 is 1.42 bits per heavy atom. The molecule has 66 valence electrons. The van der Waals surface area contributed by atoms with Gasteiger partial charge in [0.15, 0.2) is 0 Å². The summed E-state index contributed by atoms with van der Waals surface area (Å²) < 4.78 is 7.58. The Balaban J connectivity index is 3.39.